The lowest BCUT2D eigenvalue weighted by Crippen LogP contribution is -2.19. The zero-order chi connectivity index (χ0) is 22.2. The Morgan fingerprint density at radius 2 is 2.09 bits per heavy atom. The highest BCUT2D eigenvalue weighted by atomic mass is 35.5. The van der Waals surface area contributed by atoms with Crippen molar-refractivity contribution in [3.63, 3.8) is 0 Å². The molecular formula is C22H24ClN7O2. The van der Waals surface area contributed by atoms with Gasteiger partial charge in [-0.25, -0.2) is 15.0 Å². The lowest BCUT2D eigenvalue weighted by molar-refractivity contribution is -0.0309. The molecule has 1 saturated heterocycles. The molecule has 0 spiro atoms. The Hall–Kier alpha value is -3.17. The van der Waals surface area contributed by atoms with Gasteiger partial charge in [0, 0.05) is 19.7 Å². The lowest BCUT2D eigenvalue weighted by Gasteiger charge is -2.25. The van der Waals surface area contributed by atoms with Gasteiger partial charge < -0.3 is 14.8 Å². The molecule has 1 aliphatic rings. The number of aryl methyl sites for hydroxylation is 2. The highest BCUT2D eigenvalue weighted by Crippen LogP contribution is 2.39. The number of halogens is 1. The van der Waals surface area contributed by atoms with Crippen LogP contribution in [0.1, 0.15) is 31.3 Å². The van der Waals surface area contributed by atoms with Crippen LogP contribution in [0, 0.1) is 6.92 Å². The number of imidazole rings is 1. The molecule has 166 valence electrons. The zero-order valence-electron chi connectivity index (χ0n) is 18.2. The summed E-state index contributed by atoms with van der Waals surface area (Å²) in [4.78, 5) is 13.7. The van der Waals surface area contributed by atoms with Gasteiger partial charge in [0.25, 0.3) is 0 Å². The van der Waals surface area contributed by atoms with Gasteiger partial charge in [0.05, 0.1) is 24.0 Å². The Bertz CT molecular complexity index is 1280. The van der Waals surface area contributed by atoms with Crippen molar-refractivity contribution in [1.29, 1.82) is 0 Å². The van der Waals surface area contributed by atoms with Gasteiger partial charge in [-0.15, -0.1) is 0 Å². The van der Waals surface area contributed by atoms with Crippen molar-refractivity contribution in [1.82, 2.24) is 29.3 Å². The van der Waals surface area contributed by atoms with Gasteiger partial charge in [-0.05, 0) is 38.3 Å². The highest BCUT2D eigenvalue weighted by molar-refractivity contribution is 6.30. The Morgan fingerprint density at radius 3 is 2.81 bits per heavy atom. The first kappa shape index (κ1) is 20.7. The lowest BCUT2D eigenvalue weighted by atomic mass is 10.1. The van der Waals surface area contributed by atoms with Crippen LogP contribution in [0.5, 0.6) is 5.75 Å². The van der Waals surface area contributed by atoms with E-state index in [0.29, 0.717) is 22.4 Å². The molecule has 0 radical (unpaired) electrons. The van der Waals surface area contributed by atoms with Crippen LogP contribution < -0.4 is 10.1 Å². The second-order valence-corrected chi connectivity index (χ2v) is 8.16. The topological polar surface area (TPSA) is 91.9 Å². The fourth-order valence-electron chi connectivity index (χ4n) is 4.15. The number of nitrogens with one attached hydrogen (secondary N) is 1. The van der Waals surface area contributed by atoms with Crippen molar-refractivity contribution < 1.29 is 9.47 Å². The van der Waals surface area contributed by atoms with E-state index < -0.39 is 0 Å². The fraction of sp³-hybridized carbons (Fsp3) is 0.364. The summed E-state index contributed by atoms with van der Waals surface area (Å²) in [7, 11) is 3.46. The average molecular weight is 454 g/mol. The number of hydrogen-bond acceptors (Lipinski definition) is 7. The van der Waals surface area contributed by atoms with Gasteiger partial charge in [-0.1, -0.05) is 17.7 Å². The predicted octanol–water partition coefficient (Wildman–Crippen LogP) is 4.64. The van der Waals surface area contributed by atoms with Crippen LogP contribution in [0.3, 0.4) is 0 Å². The molecule has 1 aliphatic heterocycles. The Kier molecular flexibility index (Phi) is 5.44. The van der Waals surface area contributed by atoms with E-state index in [1.165, 1.54) is 0 Å². The molecule has 1 unspecified atom stereocenters. The number of ether oxygens (including phenoxy) is 2. The first-order valence-electron chi connectivity index (χ1n) is 10.5. The third kappa shape index (κ3) is 3.67. The summed E-state index contributed by atoms with van der Waals surface area (Å²) in [5.74, 6) is 2.05. The minimum atomic E-state index is -0.0827. The van der Waals surface area contributed by atoms with Crippen LogP contribution in [0.2, 0.25) is 5.15 Å². The fourth-order valence-corrected chi connectivity index (χ4v) is 4.34. The minimum absolute atomic E-state index is 0.0827. The van der Waals surface area contributed by atoms with Crippen LogP contribution >= 0.6 is 11.6 Å². The molecule has 0 aliphatic carbocycles. The van der Waals surface area contributed by atoms with E-state index >= 15 is 0 Å². The van der Waals surface area contributed by atoms with E-state index in [-0.39, 0.29) is 6.23 Å². The molecule has 10 heteroatoms. The zero-order valence-corrected chi connectivity index (χ0v) is 18.9. The van der Waals surface area contributed by atoms with E-state index in [4.69, 9.17) is 26.1 Å². The van der Waals surface area contributed by atoms with E-state index in [0.717, 1.165) is 54.1 Å². The summed E-state index contributed by atoms with van der Waals surface area (Å²) in [5, 5.41) is 8.22. The molecule has 9 nitrogen and oxygen atoms in total. The van der Waals surface area contributed by atoms with Crippen molar-refractivity contribution in [3.05, 3.63) is 41.6 Å². The normalized spacial score (nSPS) is 16.4. The van der Waals surface area contributed by atoms with Gasteiger partial charge in [-0.2, -0.15) is 5.10 Å². The number of nitrogens with zero attached hydrogens (tertiary/aromatic N) is 6. The summed E-state index contributed by atoms with van der Waals surface area (Å²) in [5.41, 5.74) is 3.70. The number of pyridine rings is 1. The minimum Gasteiger partial charge on any atom is -0.494 e. The highest BCUT2D eigenvalue weighted by Gasteiger charge is 2.24. The number of para-hydroxylation sites is 1. The molecule has 1 aromatic carbocycles. The molecule has 5 rings (SSSR count). The molecular weight excluding hydrogens is 430 g/mol. The average Bonchev–Trinajstić information content (AvgIpc) is 3.36. The monoisotopic (exact) mass is 453 g/mol. The Morgan fingerprint density at radius 1 is 1.22 bits per heavy atom. The summed E-state index contributed by atoms with van der Waals surface area (Å²) in [6.45, 7) is 2.70. The third-order valence-electron chi connectivity index (χ3n) is 5.57. The van der Waals surface area contributed by atoms with E-state index in [1.807, 2.05) is 36.7 Å². The van der Waals surface area contributed by atoms with E-state index in [9.17, 15) is 0 Å². The van der Waals surface area contributed by atoms with Crippen LogP contribution in [-0.4, -0.2) is 43.0 Å². The number of fused-ring (bicyclic) bond motifs is 1. The Labute approximate surface area is 190 Å². The molecule has 0 bridgehead atoms. The maximum Gasteiger partial charge on any atom is 0.184 e. The van der Waals surface area contributed by atoms with Crippen LogP contribution in [-0.2, 0) is 11.8 Å². The van der Waals surface area contributed by atoms with Crippen molar-refractivity contribution in [3.8, 4) is 17.1 Å². The Balaban J connectivity index is 1.59. The summed E-state index contributed by atoms with van der Waals surface area (Å²) >= 11 is 6.43. The molecule has 1 N–H and O–H groups in total. The molecule has 32 heavy (non-hydrogen) atoms. The first-order valence-corrected chi connectivity index (χ1v) is 10.9. The number of hydrogen-bond donors (Lipinski definition) is 1. The second-order valence-electron chi connectivity index (χ2n) is 7.77. The van der Waals surface area contributed by atoms with Gasteiger partial charge >= 0.3 is 0 Å². The smallest absolute Gasteiger partial charge is 0.184 e. The third-order valence-corrected chi connectivity index (χ3v) is 5.76. The maximum absolute atomic E-state index is 6.43. The molecule has 3 aromatic heterocycles. The summed E-state index contributed by atoms with van der Waals surface area (Å²) in [6.07, 6.45) is 4.69. The van der Waals surface area contributed by atoms with Crippen LogP contribution in [0.15, 0.2) is 30.6 Å². The molecule has 1 atom stereocenters. The number of rotatable bonds is 5. The number of anilines is 2. The van der Waals surface area contributed by atoms with Crippen molar-refractivity contribution in [2.75, 3.05) is 19.0 Å². The van der Waals surface area contributed by atoms with Gasteiger partial charge in [0.15, 0.2) is 17.2 Å². The van der Waals surface area contributed by atoms with Crippen LogP contribution in [0.4, 0.5) is 11.4 Å². The van der Waals surface area contributed by atoms with Gasteiger partial charge in [-0.3, -0.25) is 9.25 Å². The largest absolute Gasteiger partial charge is 0.494 e. The maximum atomic E-state index is 6.43. The van der Waals surface area contributed by atoms with Gasteiger partial charge in [0.2, 0.25) is 0 Å². The first-order chi connectivity index (χ1) is 15.5. The van der Waals surface area contributed by atoms with E-state index in [1.54, 1.807) is 24.2 Å². The molecule has 4 heterocycles. The number of methoxy groups -OCH3 is 1. The SMILES string of the molecule is COc1c(Nc2cc(Cl)nc3c2nc(C)n3C2CCCCO2)cccc1-c1ncn(C)n1. The standard InChI is InChI=1S/C22H24ClN7O2/c1-13-25-19-16(11-17(23)27-22(19)30(13)18-9-4-5-10-32-18)26-15-8-6-7-14(20(15)31-3)21-24-12-29(2)28-21/h6-8,11-12,18H,4-5,9-10H2,1-3H3,(H,26,27). The summed E-state index contributed by atoms with van der Waals surface area (Å²) in [6, 6.07) is 7.55. The van der Waals surface area contributed by atoms with Crippen molar-refractivity contribution >= 4 is 34.1 Å². The predicted molar refractivity (Wildman–Crippen MR) is 122 cm³/mol. The van der Waals surface area contributed by atoms with Crippen molar-refractivity contribution in [2.24, 2.45) is 7.05 Å². The quantitative estimate of drug-likeness (QED) is 0.440. The number of benzene rings is 1. The molecule has 4 aromatic rings. The van der Waals surface area contributed by atoms with Crippen LogP contribution in [0.25, 0.3) is 22.6 Å². The van der Waals surface area contributed by atoms with Gasteiger partial charge in [0.1, 0.15) is 29.0 Å². The van der Waals surface area contributed by atoms with Crippen molar-refractivity contribution in [2.45, 2.75) is 32.4 Å². The van der Waals surface area contributed by atoms with E-state index in [2.05, 4.69) is 20.4 Å². The molecule has 0 amide bonds. The second kappa shape index (κ2) is 8.40. The number of aromatic nitrogens is 6. The molecule has 1 fully saturated rings. The summed E-state index contributed by atoms with van der Waals surface area (Å²) < 4.78 is 15.4. The molecule has 0 saturated carbocycles.